The van der Waals surface area contributed by atoms with Gasteiger partial charge >= 0.3 is 0 Å². The van der Waals surface area contributed by atoms with Crippen LogP contribution in [0.5, 0.6) is 0 Å². The Morgan fingerprint density at radius 1 is 1.15 bits per heavy atom. The zero-order valence-corrected chi connectivity index (χ0v) is 12.7. The Bertz CT molecular complexity index is 343. The fraction of sp³-hybridized carbons (Fsp3) is 0.867. The normalized spacial score (nSPS) is 24.8. The van der Waals surface area contributed by atoms with Gasteiger partial charge in [-0.2, -0.15) is 0 Å². The van der Waals surface area contributed by atoms with Gasteiger partial charge in [0.2, 0.25) is 11.8 Å². The molecule has 114 valence electrons. The van der Waals surface area contributed by atoms with Crippen LogP contribution in [0.15, 0.2) is 0 Å². The highest BCUT2D eigenvalue weighted by Gasteiger charge is 2.27. The van der Waals surface area contributed by atoms with Gasteiger partial charge < -0.3 is 15.5 Å². The summed E-state index contributed by atoms with van der Waals surface area (Å²) < 4.78 is 0. The molecule has 1 unspecified atom stereocenters. The molecule has 5 nitrogen and oxygen atoms in total. The molecular weight excluding hydrogens is 254 g/mol. The molecule has 5 heteroatoms. The molecule has 2 aliphatic heterocycles. The Hall–Kier alpha value is -1.10. The lowest BCUT2D eigenvalue weighted by atomic mass is 10.0. The maximum Gasteiger partial charge on any atom is 0.237 e. The quantitative estimate of drug-likeness (QED) is 0.808. The third-order valence-corrected chi connectivity index (χ3v) is 4.27. The molecule has 0 aromatic heterocycles. The minimum atomic E-state index is -0.0147. The molecule has 0 spiro atoms. The van der Waals surface area contributed by atoms with E-state index >= 15 is 0 Å². The fourth-order valence-corrected chi connectivity index (χ4v) is 2.99. The summed E-state index contributed by atoms with van der Waals surface area (Å²) in [5.74, 6) is 0.426. The number of nitrogens with zero attached hydrogens (tertiary/aromatic N) is 1. The molecule has 0 aromatic carbocycles. The molecule has 2 aliphatic rings. The second-order valence-corrected chi connectivity index (χ2v) is 6.27. The summed E-state index contributed by atoms with van der Waals surface area (Å²) in [6.45, 7) is 6.34. The van der Waals surface area contributed by atoms with Crippen molar-refractivity contribution >= 4 is 11.8 Å². The largest absolute Gasteiger partial charge is 0.352 e. The van der Waals surface area contributed by atoms with Crippen molar-refractivity contribution in [2.45, 2.75) is 58.0 Å². The van der Waals surface area contributed by atoms with Crippen LogP contribution in [0.2, 0.25) is 0 Å². The van der Waals surface area contributed by atoms with Crippen LogP contribution < -0.4 is 10.6 Å². The Morgan fingerprint density at radius 3 is 2.40 bits per heavy atom. The lowest BCUT2D eigenvalue weighted by Crippen LogP contribution is -2.53. The van der Waals surface area contributed by atoms with E-state index in [1.807, 2.05) is 18.7 Å². The molecule has 0 bridgehead atoms. The topological polar surface area (TPSA) is 61.4 Å². The molecule has 2 saturated heterocycles. The van der Waals surface area contributed by atoms with E-state index in [-0.39, 0.29) is 29.8 Å². The number of hydrogen-bond donors (Lipinski definition) is 2. The van der Waals surface area contributed by atoms with Crippen molar-refractivity contribution in [3.8, 4) is 0 Å². The van der Waals surface area contributed by atoms with Crippen LogP contribution in [0, 0.1) is 5.92 Å². The van der Waals surface area contributed by atoms with E-state index in [2.05, 4.69) is 10.6 Å². The number of amides is 2. The fourth-order valence-electron chi connectivity index (χ4n) is 2.99. The Morgan fingerprint density at radius 2 is 1.85 bits per heavy atom. The number of carbonyl (C=O) groups is 2. The minimum Gasteiger partial charge on any atom is -0.352 e. The van der Waals surface area contributed by atoms with Gasteiger partial charge in [-0.05, 0) is 32.2 Å². The minimum absolute atomic E-state index is 0.0147. The second-order valence-electron chi connectivity index (χ2n) is 6.27. The van der Waals surface area contributed by atoms with Gasteiger partial charge in [0, 0.05) is 25.0 Å². The maximum absolute atomic E-state index is 12.1. The molecule has 0 aliphatic carbocycles. The van der Waals surface area contributed by atoms with Gasteiger partial charge in [-0.1, -0.05) is 20.3 Å². The van der Waals surface area contributed by atoms with E-state index in [0.717, 1.165) is 45.3 Å². The monoisotopic (exact) mass is 281 g/mol. The maximum atomic E-state index is 12.1. The van der Waals surface area contributed by atoms with Gasteiger partial charge in [-0.25, -0.2) is 0 Å². The van der Waals surface area contributed by atoms with E-state index in [1.165, 1.54) is 6.42 Å². The number of likely N-dealkylation sites (tertiary alicyclic amines) is 1. The van der Waals surface area contributed by atoms with Crippen LogP contribution in [0.1, 0.15) is 46.0 Å². The lowest BCUT2D eigenvalue weighted by Gasteiger charge is -2.34. The van der Waals surface area contributed by atoms with Crippen LogP contribution in [0.25, 0.3) is 0 Å². The van der Waals surface area contributed by atoms with Gasteiger partial charge in [0.15, 0.2) is 0 Å². The van der Waals surface area contributed by atoms with E-state index in [0.29, 0.717) is 0 Å². The average molecular weight is 281 g/mol. The summed E-state index contributed by atoms with van der Waals surface area (Å²) in [4.78, 5) is 26.0. The molecule has 2 amide bonds. The molecule has 2 heterocycles. The first-order valence-electron chi connectivity index (χ1n) is 7.90. The van der Waals surface area contributed by atoms with Crippen LogP contribution in [0.4, 0.5) is 0 Å². The van der Waals surface area contributed by atoms with Crippen molar-refractivity contribution in [1.82, 2.24) is 15.5 Å². The molecule has 0 saturated carbocycles. The first-order valence-corrected chi connectivity index (χ1v) is 7.90. The van der Waals surface area contributed by atoms with E-state index in [9.17, 15) is 9.59 Å². The Balaban J connectivity index is 1.73. The summed E-state index contributed by atoms with van der Waals surface area (Å²) >= 11 is 0. The van der Waals surface area contributed by atoms with Crippen molar-refractivity contribution in [2.24, 2.45) is 5.92 Å². The van der Waals surface area contributed by atoms with Gasteiger partial charge in [0.25, 0.3) is 0 Å². The van der Waals surface area contributed by atoms with Crippen LogP contribution >= 0.6 is 0 Å². The molecule has 1 atom stereocenters. The first kappa shape index (κ1) is 15.3. The van der Waals surface area contributed by atoms with Gasteiger partial charge in [0.1, 0.15) is 0 Å². The third kappa shape index (κ3) is 3.95. The summed E-state index contributed by atoms with van der Waals surface area (Å²) in [6.07, 6.45) is 4.98. The Labute approximate surface area is 121 Å². The summed E-state index contributed by atoms with van der Waals surface area (Å²) in [5.41, 5.74) is 0. The zero-order valence-electron chi connectivity index (χ0n) is 12.7. The van der Waals surface area contributed by atoms with E-state index in [1.54, 1.807) is 0 Å². The smallest absolute Gasteiger partial charge is 0.237 e. The predicted octanol–water partition coefficient (Wildman–Crippen LogP) is 0.892. The lowest BCUT2D eigenvalue weighted by molar-refractivity contribution is -0.135. The van der Waals surface area contributed by atoms with Crippen molar-refractivity contribution in [2.75, 3.05) is 19.6 Å². The van der Waals surface area contributed by atoms with E-state index in [4.69, 9.17) is 0 Å². The van der Waals surface area contributed by atoms with Crippen molar-refractivity contribution in [3.05, 3.63) is 0 Å². The Kier molecular flexibility index (Phi) is 5.40. The first-order chi connectivity index (χ1) is 9.58. The third-order valence-electron chi connectivity index (χ3n) is 4.27. The van der Waals surface area contributed by atoms with E-state index < -0.39 is 0 Å². The zero-order chi connectivity index (χ0) is 14.5. The molecule has 2 fully saturated rings. The van der Waals surface area contributed by atoms with Crippen molar-refractivity contribution in [3.63, 3.8) is 0 Å². The highest BCUT2D eigenvalue weighted by atomic mass is 16.2. The highest BCUT2D eigenvalue weighted by Crippen LogP contribution is 2.14. The molecule has 0 radical (unpaired) electrons. The van der Waals surface area contributed by atoms with Crippen LogP contribution in [-0.4, -0.2) is 48.4 Å². The van der Waals surface area contributed by atoms with Crippen LogP contribution in [0.3, 0.4) is 0 Å². The predicted molar refractivity (Wildman–Crippen MR) is 78.2 cm³/mol. The SMILES string of the molecule is CC(C)C(=O)N1CCC(NC(=O)C2CCCCN2)CC1. The molecule has 20 heavy (non-hydrogen) atoms. The molecule has 2 N–H and O–H groups in total. The van der Waals surface area contributed by atoms with Crippen molar-refractivity contribution < 1.29 is 9.59 Å². The number of nitrogens with one attached hydrogen (secondary N) is 2. The molecule has 0 aromatic rings. The number of rotatable bonds is 3. The average Bonchev–Trinajstić information content (AvgIpc) is 2.48. The molecule has 2 rings (SSSR count). The summed E-state index contributed by atoms with van der Waals surface area (Å²) in [7, 11) is 0. The molecular formula is C15H27N3O2. The van der Waals surface area contributed by atoms with Gasteiger partial charge in [-0.15, -0.1) is 0 Å². The highest BCUT2D eigenvalue weighted by molar-refractivity contribution is 5.82. The number of carbonyl (C=O) groups excluding carboxylic acids is 2. The summed E-state index contributed by atoms with van der Waals surface area (Å²) in [6, 6.07) is 0.210. The van der Waals surface area contributed by atoms with Crippen LogP contribution in [-0.2, 0) is 9.59 Å². The van der Waals surface area contributed by atoms with Crippen molar-refractivity contribution in [1.29, 1.82) is 0 Å². The standard InChI is InChI=1S/C15H27N3O2/c1-11(2)15(20)18-9-6-12(7-10-18)17-14(19)13-5-3-4-8-16-13/h11-13,16H,3-10H2,1-2H3,(H,17,19). The number of hydrogen-bond acceptors (Lipinski definition) is 3. The second kappa shape index (κ2) is 7.07. The summed E-state index contributed by atoms with van der Waals surface area (Å²) in [5, 5.41) is 6.41. The van der Waals surface area contributed by atoms with Gasteiger partial charge in [0.05, 0.1) is 6.04 Å². The van der Waals surface area contributed by atoms with Gasteiger partial charge in [-0.3, -0.25) is 9.59 Å². The number of piperidine rings is 2.